The van der Waals surface area contributed by atoms with Crippen molar-refractivity contribution in [1.29, 1.82) is 5.26 Å². The van der Waals surface area contributed by atoms with E-state index in [2.05, 4.69) is 6.07 Å². The number of para-hydroxylation sites is 1. The molecule has 0 N–H and O–H groups in total. The smallest absolute Gasteiger partial charge is 0.263 e. The Morgan fingerprint density at radius 3 is 2.39 bits per heavy atom. The van der Waals surface area contributed by atoms with Crippen molar-refractivity contribution in [2.24, 2.45) is 0 Å². The van der Waals surface area contributed by atoms with Crippen LogP contribution in [-0.4, -0.2) is 10.5 Å². The van der Waals surface area contributed by atoms with Gasteiger partial charge in [0.05, 0.1) is 11.1 Å². The molecule has 4 rings (SSSR count). The van der Waals surface area contributed by atoms with E-state index in [9.17, 15) is 10.1 Å². The summed E-state index contributed by atoms with van der Waals surface area (Å²) in [5.41, 5.74) is 1.89. The average Bonchev–Trinajstić information content (AvgIpc) is 2.99. The molecule has 0 aliphatic heterocycles. The third-order valence-electron chi connectivity index (χ3n) is 4.07. The lowest BCUT2D eigenvalue weighted by atomic mass is 10.0. The molecule has 1 heterocycles. The molecule has 0 aliphatic carbocycles. The van der Waals surface area contributed by atoms with Crippen molar-refractivity contribution in [3.05, 3.63) is 84.1 Å². The summed E-state index contributed by atoms with van der Waals surface area (Å²) in [5, 5.41) is 12.0. The number of carbonyl (C=O) groups is 1. The number of nitrogens with zero attached hydrogens (tertiary/aromatic N) is 2. The predicted molar refractivity (Wildman–Crippen MR) is 90.3 cm³/mol. The molecule has 4 aromatic rings. The summed E-state index contributed by atoms with van der Waals surface area (Å²) < 4.78 is 1.57. The molecule has 0 saturated carbocycles. The number of rotatable bonds is 1. The first kappa shape index (κ1) is 13.3. The van der Waals surface area contributed by atoms with E-state index in [0.717, 1.165) is 21.7 Å². The van der Waals surface area contributed by atoms with E-state index in [1.54, 1.807) is 10.8 Å². The van der Waals surface area contributed by atoms with Gasteiger partial charge in [-0.3, -0.25) is 9.36 Å². The van der Waals surface area contributed by atoms with Crippen molar-refractivity contribution in [2.45, 2.75) is 0 Å². The first-order valence-corrected chi connectivity index (χ1v) is 7.32. The summed E-state index contributed by atoms with van der Waals surface area (Å²) >= 11 is 0. The predicted octanol–water partition coefficient (Wildman–Crippen LogP) is 4.35. The van der Waals surface area contributed by atoms with Crippen LogP contribution in [0.5, 0.6) is 0 Å². The zero-order chi connectivity index (χ0) is 15.8. The van der Waals surface area contributed by atoms with Crippen LogP contribution < -0.4 is 0 Å². The van der Waals surface area contributed by atoms with Gasteiger partial charge in [0.25, 0.3) is 5.91 Å². The molecule has 0 fully saturated rings. The van der Waals surface area contributed by atoms with Crippen molar-refractivity contribution in [2.75, 3.05) is 0 Å². The minimum Gasteiger partial charge on any atom is -0.282 e. The minimum atomic E-state index is -0.125. The average molecular weight is 296 g/mol. The van der Waals surface area contributed by atoms with Crippen LogP contribution in [0.3, 0.4) is 0 Å². The molecular formula is C20H12N2O. The van der Waals surface area contributed by atoms with Gasteiger partial charge in [0.15, 0.2) is 0 Å². The van der Waals surface area contributed by atoms with Gasteiger partial charge in [0, 0.05) is 17.1 Å². The van der Waals surface area contributed by atoms with Crippen LogP contribution in [0, 0.1) is 11.3 Å². The van der Waals surface area contributed by atoms with Crippen LogP contribution >= 0.6 is 0 Å². The second-order valence-corrected chi connectivity index (χ2v) is 5.37. The molecule has 0 spiro atoms. The molecule has 1 aromatic heterocycles. The van der Waals surface area contributed by atoms with E-state index in [0.29, 0.717) is 11.1 Å². The van der Waals surface area contributed by atoms with Crippen LogP contribution in [0.25, 0.3) is 21.7 Å². The third kappa shape index (κ3) is 2.01. The highest BCUT2D eigenvalue weighted by atomic mass is 16.2. The lowest BCUT2D eigenvalue weighted by Crippen LogP contribution is -2.11. The van der Waals surface area contributed by atoms with Gasteiger partial charge in [0.1, 0.15) is 6.07 Å². The summed E-state index contributed by atoms with van der Waals surface area (Å²) in [4.78, 5) is 13.1. The van der Waals surface area contributed by atoms with E-state index in [4.69, 9.17) is 0 Å². The molecule has 0 radical (unpaired) electrons. The Labute approximate surface area is 133 Å². The van der Waals surface area contributed by atoms with E-state index in [1.807, 2.05) is 66.7 Å². The zero-order valence-corrected chi connectivity index (χ0v) is 12.2. The Bertz CT molecular complexity index is 1090. The van der Waals surface area contributed by atoms with Crippen molar-refractivity contribution in [1.82, 2.24) is 4.57 Å². The third-order valence-corrected chi connectivity index (χ3v) is 4.07. The van der Waals surface area contributed by atoms with Crippen molar-refractivity contribution < 1.29 is 4.79 Å². The fraction of sp³-hybridized carbons (Fsp3) is 0. The summed E-state index contributed by atoms with van der Waals surface area (Å²) in [6.45, 7) is 0. The van der Waals surface area contributed by atoms with Crippen molar-refractivity contribution >= 4 is 27.6 Å². The van der Waals surface area contributed by atoms with Crippen LogP contribution in [-0.2, 0) is 0 Å². The Balaban J connectivity index is 1.98. The van der Waals surface area contributed by atoms with Gasteiger partial charge < -0.3 is 0 Å². The summed E-state index contributed by atoms with van der Waals surface area (Å²) in [7, 11) is 0. The van der Waals surface area contributed by atoms with Gasteiger partial charge in [-0.2, -0.15) is 5.26 Å². The van der Waals surface area contributed by atoms with E-state index < -0.39 is 0 Å². The molecule has 0 unspecified atom stereocenters. The number of fused-ring (bicyclic) bond motifs is 2. The van der Waals surface area contributed by atoms with Gasteiger partial charge in [0.2, 0.25) is 0 Å². The topological polar surface area (TPSA) is 45.8 Å². The van der Waals surface area contributed by atoms with E-state index >= 15 is 0 Å². The first-order valence-electron chi connectivity index (χ1n) is 7.32. The maximum absolute atomic E-state index is 13.1. The molecule has 23 heavy (non-hydrogen) atoms. The highest BCUT2D eigenvalue weighted by molar-refractivity contribution is 6.11. The maximum Gasteiger partial charge on any atom is 0.263 e. The van der Waals surface area contributed by atoms with E-state index in [1.165, 1.54) is 0 Å². The zero-order valence-electron chi connectivity index (χ0n) is 12.2. The summed E-state index contributed by atoms with van der Waals surface area (Å²) in [6, 6.07) is 23.1. The van der Waals surface area contributed by atoms with Crippen molar-refractivity contribution in [3.8, 4) is 6.07 Å². The Kier molecular flexibility index (Phi) is 2.96. The Morgan fingerprint density at radius 2 is 1.57 bits per heavy atom. The molecular weight excluding hydrogens is 284 g/mol. The van der Waals surface area contributed by atoms with Crippen LogP contribution in [0.2, 0.25) is 0 Å². The lowest BCUT2D eigenvalue weighted by molar-refractivity contribution is 0.0966. The maximum atomic E-state index is 13.1. The normalized spacial score (nSPS) is 10.7. The Hall–Kier alpha value is -3.38. The number of carbonyl (C=O) groups excluding carboxylic acids is 1. The molecule has 3 nitrogen and oxygen atoms in total. The number of hydrogen-bond donors (Lipinski definition) is 0. The summed E-state index contributed by atoms with van der Waals surface area (Å²) in [5.74, 6) is -0.125. The minimum absolute atomic E-state index is 0.125. The second kappa shape index (κ2) is 5.11. The lowest BCUT2D eigenvalue weighted by Gasteiger charge is -2.07. The van der Waals surface area contributed by atoms with Crippen LogP contribution in [0.1, 0.15) is 15.9 Å². The highest BCUT2D eigenvalue weighted by Gasteiger charge is 2.16. The molecule has 0 aliphatic rings. The van der Waals surface area contributed by atoms with Gasteiger partial charge in [-0.15, -0.1) is 0 Å². The highest BCUT2D eigenvalue weighted by Crippen LogP contribution is 2.24. The largest absolute Gasteiger partial charge is 0.282 e. The first-order chi connectivity index (χ1) is 11.3. The Morgan fingerprint density at radius 1 is 0.870 bits per heavy atom. The number of benzene rings is 3. The molecule has 3 aromatic carbocycles. The fourth-order valence-electron chi connectivity index (χ4n) is 2.98. The standard InChI is InChI=1S/C20H12N2O/c21-12-15-13-22(19-11-4-3-9-17(15)19)20(23)18-10-5-7-14-6-1-2-8-16(14)18/h1-11,13H. The van der Waals surface area contributed by atoms with Gasteiger partial charge in [-0.25, -0.2) is 0 Å². The van der Waals surface area contributed by atoms with E-state index in [-0.39, 0.29) is 5.91 Å². The fourth-order valence-corrected chi connectivity index (χ4v) is 2.98. The summed E-state index contributed by atoms with van der Waals surface area (Å²) in [6.07, 6.45) is 1.62. The number of hydrogen-bond acceptors (Lipinski definition) is 2. The van der Waals surface area contributed by atoms with Crippen LogP contribution in [0.4, 0.5) is 0 Å². The molecule has 3 heteroatoms. The number of aromatic nitrogens is 1. The van der Waals surface area contributed by atoms with Gasteiger partial charge >= 0.3 is 0 Å². The number of nitriles is 1. The molecule has 0 bridgehead atoms. The van der Waals surface area contributed by atoms with Gasteiger partial charge in [-0.05, 0) is 22.9 Å². The second-order valence-electron chi connectivity index (χ2n) is 5.37. The van der Waals surface area contributed by atoms with Crippen molar-refractivity contribution in [3.63, 3.8) is 0 Å². The molecule has 0 atom stereocenters. The monoisotopic (exact) mass is 296 g/mol. The molecule has 0 amide bonds. The molecule has 0 saturated heterocycles. The quantitative estimate of drug-likeness (QED) is 0.524. The SMILES string of the molecule is N#Cc1cn(C(=O)c2cccc3ccccc23)c2ccccc12. The van der Waals surface area contributed by atoms with Crippen LogP contribution in [0.15, 0.2) is 72.9 Å². The van der Waals surface area contributed by atoms with Gasteiger partial charge in [-0.1, -0.05) is 54.6 Å². The molecule has 108 valence electrons.